The van der Waals surface area contributed by atoms with Gasteiger partial charge in [0.05, 0.1) is 11.9 Å². The lowest BCUT2D eigenvalue weighted by Gasteiger charge is -2.06. The Morgan fingerprint density at radius 2 is 1.89 bits per heavy atom. The molecular formula is C22H22N2O2S. The standard InChI is InChI=1S/C22H22N2O2S/c1-16-21(24-22(27-16)18-7-3-2-4-8-18)15-26-20-12-10-17(11-13-20)6-5-9-19(25)14-23/h2-4,7-8,10-14,23H,5-6,9,15H2,1H3. The number of nitrogens with one attached hydrogen (secondary N) is 1. The van der Waals surface area contributed by atoms with Gasteiger partial charge in [-0.3, -0.25) is 4.79 Å². The molecule has 0 aliphatic heterocycles. The Balaban J connectivity index is 1.55. The van der Waals surface area contributed by atoms with Crippen LogP contribution in [0, 0.1) is 12.3 Å². The molecule has 0 aliphatic carbocycles. The van der Waals surface area contributed by atoms with Gasteiger partial charge in [-0.05, 0) is 37.5 Å². The number of thiazole rings is 1. The van der Waals surface area contributed by atoms with Crippen molar-refractivity contribution < 1.29 is 9.53 Å². The van der Waals surface area contributed by atoms with E-state index in [1.54, 1.807) is 11.3 Å². The van der Waals surface area contributed by atoms with E-state index in [1.165, 1.54) is 4.88 Å². The first-order valence-corrected chi connectivity index (χ1v) is 9.74. The van der Waals surface area contributed by atoms with Crippen LogP contribution >= 0.6 is 11.3 Å². The smallest absolute Gasteiger partial charge is 0.173 e. The van der Waals surface area contributed by atoms with Crippen molar-refractivity contribution in [2.45, 2.75) is 32.8 Å². The van der Waals surface area contributed by atoms with Gasteiger partial charge in [0.1, 0.15) is 17.4 Å². The van der Waals surface area contributed by atoms with Gasteiger partial charge in [-0.1, -0.05) is 42.5 Å². The summed E-state index contributed by atoms with van der Waals surface area (Å²) in [5.41, 5.74) is 3.26. The summed E-state index contributed by atoms with van der Waals surface area (Å²) in [5.74, 6) is 0.687. The second-order valence-corrected chi connectivity index (χ2v) is 7.49. The Morgan fingerprint density at radius 3 is 2.59 bits per heavy atom. The molecule has 1 N–H and O–H groups in total. The summed E-state index contributed by atoms with van der Waals surface area (Å²) >= 11 is 1.68. The van der Waals surface area contributed by atoms with Crippen molar-refractivity contribution in [3.63, 3.8) is 0 Å². The van der Waals surface area contributed by atoms with Gasteiger partial charge >= 0.3 is 0 Å². The third-order valence-electron chi connectivity index (χ3n) is 4.26. The van der Waals surface area contributed by atoms with E-state index in [9.17, 15) is 4.79 Å². The van der Waals surface area contributed by atoms with E-state index in [1.807, 2.05) is 42.5 Å². The molecule has 27 heavy (non-hydrogen) atoms. The first-order valence-electron chi connectivity index (χ1n) is 8.92. The van der Waals surface area contributed by atoms with Gasteiger partial charge in [-0.25, -0.2) is 4.98 Å². The maximum absolute atomic E-state index is 11.1. The number of carbonyl (C=O) groups is 1. The van der Waals surface area contributed by atoms with Gasteiger partial charge in [0.15, 0.2) is 5.78 Å². The van der Waals surface area contributed by atoms with Crippen LogP contribution in [0.25, 0.3) is 10.6 Å². The summed E-state index contributed by atoms with van der Waals surface area (Å²) < 4.78 is 5.90. The van der Waals surface area contributed by atoms with E-state index in [0.29, 0.717) is 13.0 Å². The largest absolute Gasteiger partial charge is 0.487 e. The van der Waals surface area contributed by atoms with E-state index in [4.69, 9.17) is 15.1 Å². The van der Waals surface area contributed by atoms with Crippen LogP contribution in [0.4, 0.5) is 0 Å². The predicted octanol–water partition coefficient (Wildman–Crippen LogP) is 5.24. The van der Waals surface area contributed by atoms with Crippen molar-refractivity contribution in [3.05, 3.63) is 70.7 Å². The molecule has 0 atom stereocenters. The van der Waals surface area contributed by atoms with E-state index in [-0.39, 0.29) is 5.78 Å². The SMILES string of the molecule is Cc1sc(-c2ccccc2)nc1COc1ccc(CCCC(=O)C=N)cc1. The molecule has 0 amide bonds. The number of rotatable bonds is 9. The van der Waals surface area contributed by atoms with Crippen LogP contribution in [-0.4, -0.2) is 17.0 Å². The fourth-order valence-electron chi connectivity index (χ4n) is 2.71. The Morgan fingerprint density at radius 1 is 1.15 bits per heavy atom. The van der Waals surface area contributed by atoms with Gasteiger partial charge in [0.2, 0.25) is 0 Å². The molecule has 0 fully saturated rings. The summed E-state index contributed by atoms with van der Waals surface area (Å²) in [4.78, 5) is 17.0. The Kier molecular flexibility index (Phi) is 6.49. The molecule has 1 aromatic heterocycles. The van der Waals surface area contributed by atoms with E-state index in [2.05, 4.69) is 19.1 Å². The number of aromatic nitrogens is 1. The molecule has 0 radical (unpaired) electrons. The van der Waals surface area contributed by atoms with Crippen LogP contribution < -0.4 is 4.74 Å². The monoisotopic (exact) mass is 378 g/mol. The van der Waals surface area contributed by atoms with Crippen molar-refractivity contribution >= 4 is 23.3 Å². The minimum Gasteiger partial charge on any atom is -0.487 e. The number of carbonyl (C=O) groups excluding carboxylic acids is 1. The highest BCUT2D eigenvalue weighted by molar-refractivity contribution is 7.15. The Labute approximate surface area is 163 Å². The normalized spacial score (nSPS) is 10.6. The van der Waals surface area contributed by atoms with Crippen LogP contribution in [0.5, 0.6) is 5.75 Å². The summed E-state index contributed by atoms with van der Waals surface area (Å²) in [5, 5.41) is 7.92. The maximum atomic E-state index is 11.1. The van der Waals surface area contributed by atoms with Gasteiger partial charge in [-0.2, -0.15) is 0 Å². The fourth-order valence-corrected chi connectivity index (χ4v) is 3.63. The van der Waals surface area contributed by atoms with E-state index >= 15 is 0 Å². The number of aryl methyl sites for hydroxylation is 2. The fraction of sp³-hybridized carbons (Fsp3) is 0.227. The minimum absolute atomic E-state index is 0.122. The van der Waals surface area contributed by atoms with Crippen molar-refractivity contribution in [2.75, 3.05) is 0 Å². The van der Waals surface area contributed by atoms with Gasteiger partial charge in [0.25, 0.3) is 0 Å². The van der Waals surface area contributed by atoms with Gasteiger partial charge in [0, 0.05) is 16.9 Å². The molecule has 0 unspecified atom stereocenters. The number of ether oxygens (including phenoxy) is 1. The second-order valence-electron chi connectivity index (χ2n) is 6.28. The van der Waals surface area contributed by atoms with Crippen molar-refractivity contribution in [1.29, 1.82) is 5.41 Å². The molecule has 3 aromatic rings. The van der Waals surface area contributed by atoms with Crippen LogP contribution in [0.1, 0.15) is 29.0 Å². The minimum atomic E-state index is -0.122. The zero-order valence-electron chi connectivity index (χ0n) is 15.3. The molecule has 1 heterocycles. The Bertz CT molecular complexity index is 902. The zero-order chi connectivity index (χ0) is 19.1. The van der Waals surface area contributed by atoms with Crippen LogP contribution in [0.3, 0.4) is 0 Å². The molecule has 0 aliphatic rings. The number of Topliss-reactive ketones (excluding diaryl/α,β-unsaturated/α-hetero) is 1. The number of hydrogen-bond acceptors (Lipinski definition) is 5. The molecule has 4 nitrogen and oxygen atoms in total. The van der Waals surface area contributed by atoms with Crippen molar-refractivity contribution in [2.24, 2.45) is 0 Å². The lowest BCUT2D eigenvalue weighted by atomic mass is 10.1. The molecular weight excluding hydrogens is 356 g/mol. The second kappa shape index (κ2) is 9.24. The van der Waals surface area contributed by atoms with Crippen molar-refractivity contribution in [1.82, 2.24) is 4.98 Å². The molecule has 3 rings (SSSR count). The number of nitrogens with zero attached hydrogens (tertiary/aromatic N) is 1. The summed E-state index contributed by atoms with van der Waals surface area (Å²) in [6, 6.07) is 18.1. The Hall–Kier alpha value is -2.79. The van der Waals surface area contributed by atoms with E-state index in [0.717, 1.165) is 46.6 Å². The highest BCUT2D eigenvalue weighted by Crippen LogP contribution is 2.28. The molecule has 0 saturated heterocycles. The van der Waals surface area contributed by atoms with Crippen LogP contribution in [0.2, 0.25) is 0 Å². The number of hydrogen-bond donors (Lipinski definition) is 1. The summed E-state index contributed by atoms with van der Waals surface area (Å²) in [7, 11) is 0. The topological polar surface area (TPSA) is 63.0 Å². The third kappa shape index (κ3) is 5.34. The van der Waals surface area contributed by atoms with Gasteiger partial charge in [-0.15, -0.1) is 11.3 Å². The first kappa shape index (κ1) is 19.0. The third-order valence-corrected chi connectivity index (χ3v) is 5.32. The van der Waals surface area contributed by atoms with Crippen molar-refractivity contribution in [3.8, 4) is 16.3 Å². The quantitative estimate of drug-likeness (QED) is 0.518. The number of benzene rings is 2. The molecule has 138 valence electrons. The molecule has 0 saturated carbocycles. The first-order chi connectivity index (χ1) is 13.2. The average molecular weight is 378 g/mol. The molecule has 0 spiro atoms. The van der Waals surface area contributed by atoms with Crippen LogP contribution in [0.15, 0.2) is 54.6 Å². The summed E-state index contributed by atoms with van der Waals surface area (Å²) in [6.45, 7) is 2.52. The van der Waals surface area contributed by atoms with Gasteiger partial charge < -0.3 is 10.1 Å². The van der Waals surface area contributed by atoms with Crippen LogP contribution in [-0.2, 0) is 17.8 Å². The zero-order valence-corrected chi connectivity index (χ0v) is 16.1. The average Bonchev–Trinajstić information content (AvgIpc) is 3.08. The van der Waals surface area contributed by atoms with E-state index < -0.39 is 0 Å². The molecule has 2 aromatic carbocycles. The summed E-state index contributed by atoms with van der Waals surface area (Å²) in [6.07, 6.45) is 2.90. The maximum Gasteiger partial charge on any atom is 0.173 e. The highest BCUT2D eigenvalue weighted by atomic mass is 32.1. The lowest BCUT2D eigenvalue weighted by Crippen LogP contribution is -1.99. The highest BCUT2D eigenvalue weighted by Gasteiger charge is 2.10. The lowest BCUT2D eigenvalue weighted by molar-refractivity contribution is -0.112. The number of ketones is 1. The predicted molar refractivity (Wildman–Crippen MR) is 110 cm³/mol. The molecule has 5 heteroatoms. The molecule has 0 bridgehead atoms.